The van der Waals surface area contributed by atoms with Crippen molar-refractivity contribution in [1.29, 1.82) is 0 Å². The number of Topliss-reactive ketones (excluding diaryl/α,β-unsaturated/α-hetero) is 1. The summed E-state index contributed by atoms with van der Waals surface area (Å²) in [7, 11) is 0. The molecule has 0 atom stereocenters. The van der Waals surface area contributed by atoms with Gasteiger partial charge in [-0.1, -0.05) is 19.4 Å². The van der Waals surface area contributed by atoms with E-state index in [-0.39, 0.29) is 12.4 Å². The molecule has 0 bridgehead atoms. The first-order valence-corrected chi connectivity index (χ1v) is 7.05. The molecule has 1 heterocycles. The van der Waals surface area contributed by atoms with E-state index >= 15 is 0 Å². The second-order valence-electron chi connectivity index (χ2n) is 3.76. The predicted molar refractivity (Wildman–Crippen MR) is 71.1 cm³/mol. The van der Waals surface area contributed by atoms with Crippen molar-refractivity contribution in [2.75, 3.05) is 19.0 Å². The summed E-state index contributed by atoms with van der Waals surface area (Å²) in [5, 5.41) is 0. The van der Waals surface area contributed by atoms with Gasteiger partial charge in [-0.25, -0.2) is 0 Å². The summed E-state index contributed by atoms with van der Waals surface area (Å²) in [6.45, 7) is 3.04. The van der Waals surface area contributed by atoms with Crippen LogP contribution in [0.2, 0.25) is 0 Å². The Labute approximate surface area is 107 Å². The van der Waals surface area contributed by atoms with Crippen molar-refractivity contribution < 1.29 is 9.53 Å². The molecule has 0 aliphatic heterocycles. The lowest BCUT2D eigenvalue weighted by atomic mass is 10.4. The number of ketones is 1. The van der Waals surface area contributed by atoms with Crippen LogP contribution in [0.5, 0.6) is 0 Å². The zero-order valence-electron chi connectivity index (χ0n) is 10.2. The molecule has 1 aromatic rings. The van der Waals surface area contributed by atoms with Crippen molar-refractivity contribution in [1.82, 2.24) is 4.98 Å². The van der Waals surface area contributed by atoms with Gasteiger partial charge in [-0.15, -0.1) is 11.8 Å². The van der Waals surface area contributed by atoms with Gasteiger partial charge in [0.1, 0.15) is 6.61 Å². The smallest absolute Gasteiger partial charge is 0.168 e. The number of pyridine rings is 1. The van der Waals surface area contributed by atoms with Crippen LogP contribution in [-0.4, -0.2) is 29.7 Å². The molecule has 1 aromatic heterocycles. The molecule has 17 heavy (non-hydrogen) atoms. The van der Waals surface area contributed by atoms with Gasteiger partial charge in [-0.2, -0.15) is 0 Å². The molecule has 0 saturated heterocycles. The van der Waals surface area contributed by atoms with Crippen molar-refractivity contribution in [3.05, 3.63) is 30.1 Å². The van der Waals surface area contributed by atoms with Crippen LogP contribution in [0.4, 0.5) is 0 Å². The summed E-state index contributed by atoms with van der Waals surface area (Å²) in [6.07, 6.45) is 3.89. The standard InChI is InChI=1S/C13H19NO2S/c1-2-3-8-16-9-13(15)11-17-10-12-6-4-5-7-14-12/h4-7H,2-3,8-11H2,1H3. The molecule has 0 aromatic carbocycles. The first-order chi connectivity index (χ1) is 8.33. The SMILES string of the molecule is CCCCOCC(=O)CSCc1ccccn1. The third-order valence-electron chi connectivity index (χ3n) is 2.14. The lowest BCUT2D eigenvalue weighted by molar-refractivity contribution is -0.121. The summed E-state index contributed by atoms with van der Waals surface area (Å²) in [5.41, 5.74) is 1.01. The first kappa shape index (κ1) is 14.2. The molecule has 0 aliphatic rings. The molecule has 0 radical (unpaired) electrons. The van der Waals surface area contributed by atoms with Gasteiger partial charge in [0.15, 0.2) is 5.78 Å². The first-order valence-electron chi connectivity index (χ1n) is 5.90. The van der Waals surface area contributed by atoms with Crippen molar-refractivity contribution in [2.24, 2.45) is 0 Å². The quantitative estimate of drug-likeness (QED) is 0.634. The number of nitrogens with zero attached hydrogens (tertiary/aromatic N) is 1. The summed E-state index contributed by atoms with van der Waals surface area (Å²) in [4.78, 5) is 15.6. The summed E-state index contributed by atoms with van der Waals surface area (Å²) < 4.78 is 5.26. The van der Waals surface area contributed by atoms with E-state index in [9.17, 15) is 4.79 Å². The average molecular weight is 253 g/mol. The topological polar surface area (TPSA) is 39.2 Å². The van der Waals surface area contributed by atoms with Gasteiger partial charge in [0.2, 0.25) is 0 Å². The molecule has 94 valence electrons. The number of thioether (sulfide) groups is 1. The molecule has 1 rings (SSSR count). The van der Waals surface area contributed by atoms with Gasteiger partial charge in [-0.3, -0.25) is 9.78 Å². The van der Waals surface area contributed by atoms with Crippen molar-refractivity contribution in [2.45, 2.75) is 25.5 Å². The van der Waals surface area contributed by atoms with Crippen LogP contribution in [-0.2, 0) is 15.3 Å². The summed E-state index contributed by atoms with van der Waals surface area (Å²) in [5.74, 6) is 1.44. The van der Waals surface area contributed by atoms with E-state index in [4.69, 9.17) is 4.74 Å². The van der Waals surface area contributed by atoms with Crippen LogP contribution in [0.1, 0.15) is 25.5 Å². The van der Waals surface area contributed by atoms with Crippen molar-refractivity contribution in [3.63, 3.8) is 0 Å². The van der Waals surface area contributed by atoms with Crippen LogP contribution in [0.15, 0.2) is 24.4 Å². The van der Waals surface area contributed by atoms with Crippen LogP contribution in [0, 0.1) is 0 Å². The lowest BCUT2D eigenvalue weighted by Gasteiger charge is -2.03. The van der Waals surface area contributed by atoms with Gasteiger partial charge in [0, 0.05) is 18.6 Å². The maximum atomic E-state index is 11.4. The Morgan fingerprint density at radius 1 is 1.47 bits per heavy atom. The fourth-order valence-corrected chi connectivity index (χ4v) is 2.02. The minimum absolute atomic E-state index is 0.155. The Morgan fingerprint density at radius 2 is 2.35 bits per heavy atom. The second kappa shape index (κ2) is 9.19. The van der Waals surface area contributed by atoms with Gasteiger partial charge < -0.3 is 4.74 Å². The van der Waals surface area contributed by atoms with E-state index in [1.54, 1.807) is 18.0 Å². The minimum Gasteiger partial charge on any atom is -0.374 e. The van der Waals surface area contributed by atoms with E-state index in [1.165, 1.54) is 0 Å². The predicted octanol–water partition coefficient (Wildman–Crippen LogP) is 2.70. The summed E-state index contributed by atoms with van der Waals surface area (Å²) >= 11 is 1.59. The Morgan fingerprint density at radius 3 is 3.06 bits per heavy atom. The Balaban J connectivity index is 2.04. The molecule has 4 heteroatoms. The third kappa shape index (κ3) is 7.13. The van der Waals surface area contributed by atoms with Crippen LogP contribution in [0.3, 0.4) is 0 Å². The van der Waals surface area contributed by atoms with Gasteiger partial charge in [-0.05, 0) is 18.6 Å². The highest BCUT2D eigenvalue weighted by Gasteiger charge is 2.02. The molecule has 0 fully saturated rings. The van der Waals surface area contributed by atoms with Crippen molar-refractivity contribution >= 4 is 17.5 Å². The summed E-state index contributed by atoms with van der Waals surface area (Å²) in [6, 6.07) is 5.81. The fourth-order valence-electron chi connectivity index (χ4n) is 1.23. The largest absolute Gasteiger partial charge is 0.374 e. The maximum Gasteiger partial charge on any atom is 0.168 e. The highest BCUT2D eigenvalue weighted by Crippen LogP contribution is 2.09. The zero-order valence-corrected chi connectivity index (χ0v) is 11.0. The van der Waals surface area contributed by atoms with Gasteiger partial charge in [0.05, 0.1) is 11.4 Å². The molecule has 0 spiro atoms. The number of hydrogen-bond donors (Lipinski definition) is 0. The highest BCUT2D eigenvalue weighted by molar-refractivity contribution is 7.99. The molecule has 0 amide bonds. The normalized spacial score (nSPS) is 10.4. The molecule has 3 nitrogen and oxygen atoms in total. The molecule has 0 saturated carbocycles. The highest BCUT2D eigenvalue weighted by atomic mass is 32.2. The van der Waals surface area contributed by atoms with Gasteiger partial charge in [0.25, 0.3) is 0 Å². The molecule has 0 aliphatic carbocycles. The Hall–Kier alpha value is -0.870. The fraction of sp³-hybridized carbons (Fsp3) is 0.538. The number of unbranched alkanes of at least 4 members (excludes halogenated alkanes) is 1. The number of carbonyl (C=O) groups excluding carboxylic acids is 1. The number of ether oxygens (including phenoxy) is 1. The van der Waals surface area contributed by atoms with Gasteiger partial charge >= 0.3 is 0 Å². The lowest BCUT2D eigenvalue weighted by Crippen LogP contribution is -2.11. The molecular weight excluding hydrogens is 234 g/mol. The molecule has 0 N–H and O–H groups in total. The van der Waals surface area contributed by atoms with E-state index < -0.39 is 0 Å². The zero-order chi connectivity index (χ0) is 12.3. The van der Waals surface area contributed by atoms with Crippen LogP contribution < -0.4 is 0 Å². The van der Waals surface area contributed by atoms with E-state index in [2.05, 4.69) is 11.9 Å². The number of rotatable bonds is 9. The van der Waals surface area contributed by atoms with Crippen LogP contribution >= 0.6 is 11.8 Å². The maximum absolute atomic E-state index is 11.4. The molecule has 0 unspecified atom stereocenters. The molecular formula is C13H19NO2S. The average Bonchev–Trinajstić information content (AvgIpc) is 2.36. The second-order valence-corrected chi connectivity index (χ2v) is 4.74. The Bertz CT molecular complexity index is 316. The van der Waals surface area contributed by atoms with Crippen molar-refractivity contribution in [3.8, 4) is 0 Å². The third-order valence-corrected chi connectivity index (χ3v) is 3.17. The number of hydrogen-bond acceptors (Lipinski definition) is 4. The van der Waals surface area contributed by atoms with E-state index in [0.717, 1.165) is 24.3 Å². The number of aromatic nitrogens is 1. The van der Waals surface area contributed by atoms with E-state index in [1.807, 2.05) is 18.2 Å². The monoisotopic (exact) mass is 253 g/mol. The minimum atomic E-state index is 0.155. The Kier molecular flexibility index (Phi) is 7.67. The number of carbonyl (C=O) groups is 1. The van der Waals surface area contributed by atoms with Crippen LogP contribution in [0.25, 0.3) is 0 Å². The van der Waals surface area contributed by atoms with E-state index in [0.29, 0.717) is 12.4 Å².